The SMILES string of the molecule is CC(C)c1nn(C)c(NC2CCCN(C)C2)c1N. The fraction of sp³-hybridized carbons (Fsp3) is 0.769. The number of piperidine rings is 1. The second kappa shape index (κ2) is 5.18. The lowest BCUT2D eigenvalue weighted by atomic mass is 10.1. The molecule has 1 aromatic rings. The molecule has 5 heteroatoms. The van der Waals surface area contributed by atoms with Crippen LogP contribution in [0, 0.1) is 0 Å². The van der Waals surface area contributed by atoms with Crippen LogP contribution in [0.4, 0.5) is 11.5 Å². The fourth-order valence-corrected chi connectivity index (χ4v) is 2.64. The second-order valence-corrected chi connectivity index (χ2v) is 5.67. The van der Waals surface area contributed by atoms with Crippen molar-refractivity contribution < 1.29 is 0 Å². The van der Waals surface area contributed by atoms with Gasteiger partial charge in [-0.1, -0.05) is 13.8 Å². The molecule has 1 aliphatic heterocycles. The minimum absolute atomic E-state index is 0.362. The number of hydrogen-bond donors (Lipinski definition) is 2. The van der Waals surface area contributed by atoms with Gasteiger partial charge in [0.05, 0.1) is 11.4 Å². The van der Waals surface area contributed by atoms with Crippen LogP contribution in [0.5, 0.6) is 0 Å². The van der Waals surface area contributed by atoms with E-state index < -0.39 is 0 Å². The molecule has 0 radical (unpaired) electrons. The molecule has 0 amide bonds. The van der Waals surface area contributed by atoms with Crippen molar-refractivity contribution in [2.24, 2.45) is 7.05 Å². The van der Waals surface area contributed by atoms with Gasteiger partial charge in [-0.3, -0.25) is 4.68 Å². The number of nitrogens with zero attached hydrogens (tertiary/aromatic N) is 3. The van der Waals surface area contributed by atoms with E-state index in [0.29, 0.717) is 12.0 Å². The molecule has 0 bridgehead atoms. The van der Waals surface area contributed by atoms with E-state index in [1.807, 2.05) is 11.7 Å². The first-order chi connectivity index (χ1) is 8.49. The normalized spacial score (nSPS) is 21.5. The predicted octanol–water partition coefficient (Wildman–Crippen LogP) is 1.63. The zero-order valence-corrected chi connectivity index (χ0v) is 11.9. The Labute approximate surface area is 109 Å². The van der Waals surface area contributed by atoms with Gasteiger partial charge >= 0.3 is 0 Å². The van der Waals surface area contributed by atoms with Crippen LogP contribution in [0.1, 0.15) is 38.3 Å². The largest absolute Gasteiger partial charge is 0.394 e. The lowest BCUT2D eigenvalue weighted by Gasteiger charge is -2.30. The Kier molecular flexibility index (Phi) is 3.80. The molecule has 5 nitrogen and oxygen atoms in total. The Hall–Kier alpha value is -1.23. The molecule has 1 unspecified atom stereocenters. The molecule has 0 aliphatic carbocycles. The van der Waals surface area contributed by atoms with Gasteiger partial charge < -0.3 is 16.0 Å². The van der Waals surface area contributed by atoms with Crippen LogP contribution < -0.4 is 11.1 Å². The Morgan fingerprint density at radius 2 is 2.11 bits per heavy atom. The number of nitrogen functional groups attached to an aromatic ring is 1. The Morgan fingerprint density at radius 3 is 2.67 bits per heavy atom. The number of nitrogens with two attached hydrogens (primary N) is 1. The van der Waals surface area contributed by atoms with Crippen LogP contribution in [0.2, 0.25) is 0 Å². The van der Waals surface area contributed by atoms with Crippen LogP contribution in [0.3, 0.4) is 0 Å². The lowest BCUT2D eigenvalue weighted by molar-refractivity contribution is 0.260. The van der Waals surface area contributed by atoms with E-state index in [1.54, 1.807) is 0 Å². The first kappa shape index (κ1) is 13.2. The van der Waals surface area contributed by atoms with Crippen LogP contribution >= 0.6 is 0 Å². The number of aryl methyl sites for hydroxylation is 1. The highest BCUT2D eigenvalue weighted by Crippen LogP contribution is 2.29. The van der Waals surface area contributed by atoms with Crippen molar-refractivity contribution in [3.63, 3.8) is 0 Å². The van der Waals surface area contributed by atoms with E-state index >= 15 is 0 Å². The molecule has 0 saturated carbocycles. The van der Waals surface area contributed by atoms with Crippen LogP contribution in [0.15, 0.2) is 0 Å². The average Bonchev–Trinajstić information content (AvgIpc) is 2.57. The maximum atomic E-state index is 6.20. The molecular formula is C13H25N5. The van der Waals surface area contributed by atoms with Crippen LogP contribution in [-0.4, -0.2) is 40.9 Å². The summed E-state index contributed by atoms with van der Waals surface area (Å²) in [6, 6.07) is 0.474. The topological polar surface area (TPSA) is 59.1 Å². The third-order valence-corrected chi connectivity index (χ3v) is 3.62. The predicted molar refractivity (Wildman–Crippen MR) is 75.9 cm³/mol. The number of anilines is 2. The fourth-order valence-electron chi connectivity index (χ4n) is 2.64. The summed E-state index contributed by atoms with van der Waals surface area (Å²) in [4.78, 5) is 2.36. The summed E-state index contributed by atoms with van der Waals surface area (Å²) in [7, 11) is 4.12. The number of aromatic nitrogens is 2. The standard InChI is InChI=1S/C13H25N5/c1-9(2)12-11(14)13(18(4)16-12)15-10-6-5-7-17(3)8-10/h9-10,15H,5-8,14H2,1-4H3. The van der Waals surface area contributed by atoms with Crippen molar-refractivity contribution in [3.05, 3.63) is 5.69 Å². The van der Waals surface area contributed by atoms with Crippen molar-refractivity contribution in [1.29, 1.82) is 0 Å². The third kappa shape index (κ3) is 2.61. The van der Waals surface area contributed by atoms with Crippen molar-refractivity contribution in [3.8, 4) is 0 Å². The molecular weight excluding hydrogens is 226 g/mol. The van der Waals surface area contributed by atoms with Gasteiger partial charge in [-0.25, -0.2) is 0 Å². The lowest BCUT2D eigenvalue weighted by Crippen LogP contribution is -2.40. The second-order valence-electron chi connectivity index (χ2n) is 5.67. The van der Waals surface area contributed by atoms with Crippen molar-refractivity contribution in [2.45, 2.75) is 38.6 Å². The molecule has 1 saturated heterocycles. The van der Waals surface area contributed by atoms with Gasteiger partial charge in [-0.2, -0.15) is 5.10 Å². The maximum absolute atomic E-state index is 6.20. The molecule has 1 atom stereocenters. The van der Waals surface area contributed by atoms with Gasteiger partial charge in [0.2, 0.25) is 0 Å². The molecule has 1 aromatic heterocycles. The van der Waals surface area contributed by atoms with Gasteiger partial charge in [0.15, 0.2) is 0 Å². The molecule has 1 aliphatic rings. The van der Waals surface area contributed by atoms with Crippen molar-refractivity contribution >= 4 is 11.5 Å². The average molecular weight is 251 g/mol. The minimum atomic E-state index is 0.362. The van der Waals surface area contributed by atoms with E-state index in [9.17, 15) is 0 Å². The summed E-state index contributed by atoms with van der Waals surface area (Å²) < 4.78 is 1.87. The first-order valence-electron chi connectivity index (χ1n) is 6.76. The molecule has 3 N–H and O–H groups in total. The molecule has 102 valence electrons. The molecule has 1 fully saturated rings. The van der Waals surface area contributed by atoms with Crippen molar-refractivity contribution in [1.82, 2.24) is 14.7 Å². The Balaban J connectivity index is 2.13. The van der Waals surface area contributed by atoms with Gasteiger partial charge in [0, 0.05) is 19.6 Å². The zero-order valence-electron chi connectivity index (χ0n) is 11.9. The van der Waals surface area contributed by atoms with Crippen LogP contribution in [0.25, 0.3) is 0 Å². The van der Waals surface area contributed by atoms with E-state index in [2.05, 4.69) is 36.2 Å². The monoisotopic (exact) mass is 251 g/mol. The quantitative estimate of drug-likeness (QED) is 0.857. The van der Waals surface area contributed by atoms with Crippen LogP contribution in [-0.2, 0) is 7.05 Å². The number of rotatable bonds is 3. The smallest absolute Gasteiger partial charge is 0.148 e. The summed E-state index contributed by atoms with van der Waals surface area (Å²) in [6.45, 7) is 6.51. The Morgan fingerprint density at radius 1 is 1.39 bits per heavy atom. The zero-order chi connectivity index (χ0) is 13.3. The molecule has 0 aromatic carbocycles. The molecule has 0 spiro atoms. The summed E-state index contributed by atoms with van der Waals surface area (Å²) in [5, 5.41) is 8.07. The minimum Gasteiger partial charge on any atom is -0.394 e. The number of likely N-dealkylation sites (tertiary alicyclic amines) is 1. The molecule has 18 heavy (non-hydrogen) atoms. The number of likely N-dealkylation sites (N-methyl/N-ethyl adjacent to an activating group) is 1. The molecule has 2 heterocycles. The van der Waals surface area contributed by atoms with Gasteiger partial charge in [-0.05, 0) is 32.4 Å². The summed E-state index contributed by atoms with van der Waals surface area (Å²) in [5.41, 5.74) is 7.99. The summed E-state index contributed by atoms with van der Waals surface area (Å²) >= 11 is 0. The number of nitrogens with one attached hydrogen (secondary N) is 1. The summed E-state index contributed by atoms with van der Waals surface area (Å²) in [5.74, 6) is 1.33. The van der Waals surface area contributed by atoms with Gasteiger partial charge in [0.25, 0.3) is 0 Å². The van der Waals surface area contributed by atoms with E-state index in [-0.39, 0.29) is 0 Å². The van der Waals surface area contributed by atoms with Crippen molar-refractivity contribution in [2.75, 3.05) is 31.2 Å². The van der Waals surface area contributed by atoms with E-state index in [0.717, 1.165) is 23.7 Å². The van der Waals surface area contributed by atoms with E-state index in [4.69, 9.17) is 5.73 Å². The van der Waals surface area contributed by atoms with Gasteiger partial charge in [-0.15, -0.1) is 0 Å². The third-order valence-electron chi connectivity index (χ3n) is 3.62. The Bertz CT molecular complexity index is 410. The maximum Gasteiger partial charge on any atom is 0.148 e. The molecule has 2 rings (SSSR count). The highest BCUT2D eigenvalue weighted by Gasteiger charge is 2.21. The number of hydrogen-bond acceptors (Lipinski definition) is 4. The van der Waals surface area contributed by atoms with Gasteiger partial charge in [0.1, 0.15) is 5.82 Å². The highest BCUT2D eigenvalue weighted by molar-refractivity contribution is 5.66. The first-order valence-corrected chi connectivity index (χ1v) is 6.76. The van der Waals surface area contributed by atoms with E-state index in [1.165, 1.54) is 19.4 Å². The summed E-state index contributed by atoms with van der Waals surface area (Å²) in [6.07, 6.45) is 2.44. The highest BCUT2D eigenvalue weighted by atomic mass is 15.3.